The minimum absolute atomic E-state index is 0.145. The maximum Gasteiger partial charge on any atom is 0.414 e. The summed E-state index contributed by atoms with van der Waals surface area (Å²) in [6.07, 6.45) is -1.12. The molecule has 3 saturated heterocycles. The molecule has 3 atom stereocenters. The van der Waals surface area contributed by atoms with Crippen molar-refractivity contribution in [3.05, 3.63) is 24.0 Å². The number of anilines is 2. The van der Waals surface area contributed by atoms with E-state index in [4.69, 9.17) is 14.6 Å². The summed E-state index contributed by atoms with van der Waals surface area (Å²) in [6, 6.07) is 4.73. The normalized spacial score (nSPS) is 30.3. The molecule has 3 aliphatic rings. The van der Waals surface area contributed by atoms with Crippen molar-refractivity contribution in [3.63, 3.8) is 0 Å². The fourth-order valence-electron chi connectivity index (χ4n) is 2.81. The van der Waals surface area contributed by atoms with E-state index < -0.39 is 12.2 Å². The van der Waals surface area contributed by atoms with Gasteiger partial charge in [0.05, 0.1) is 31.1 Å². The summed E-state index contributed by atoms with van der Waals surface area (Å²) in [7, 11) is 0. The van der Waals surface area contributed by atoms with Gasteiger partial charge in [0.2, 0.25) is 0 Å². The van der Waals surface area contributed by atoms with E-state index in [1.807, 2.05) is 4.90 Å². The van der Waals surface area contributed by atoms with Crippen LogP contribution < -0.4 is 9.80 Å². The number of carbonyl (C=O) groups excluding carboxylic acids is 1. The van der Waals surface area contributed by atoms with E-state index in [9.17, 15) is 9.18 Å². The summed E-state index contributed by atoms with van der Waals surface area (Å²) >= 11 is 1.67. The first-order valence-electron chi connectivity index (χ1n) is 7.09. The maximum absolute atomic E-state index is 14.5. The second kappa shape index (κ2) is 5.29. The Morgan fingerprint density at radius 3 is 3.05 bits per heavy atom. The van der Waals surface area contributed by atoms with Crippen LogP contribution in [-0.2, 0) is 9.47 Å². The number of hydrogen-bond acceptors (Lipinski definition) is 6. The van der Waals surface area contributed by atoms with Crippen molar-refractivity contribution >= 4 is 29.2 Å². The number of amides is 1. The molecule has 1 aromatic rings. The highest BCUT2D eigenvalue weighted by atomic mass is 32.2. The summed E-state index contributed by atoms with van der Waals surface area (Å²) in [4.78, 5) is 15.1. The zero-order valence-electron chi connectivity index (χ0n) is 11.6. The van der Waals surface area contributed by atoms with Gasteiger partial charge in [-0.25, -0.2) is 9.18 Å². The second-order valence-corrected chi connectivity index (χ2v) is 6.61. The molecule has 3 heterocycles. The number of morpholine rings is 1. The van der Waals surface area contributed by atoms with Crippen LogP contribution in [0.15, 0.2) is 18.2 Å². The highest BCUT2D eigenvalue weighted by molar-refractivity contribution is 8.07. The van der Waals surface area contributed by atoms with Crippen molar-refractivity contribution in [2.24, 2.45) is 0 Å². The third-order valence-corrected chi connectivity index (χ3v) is 5.11. The molecule has 2 unspecified atom stereocenters. The van der Waals surface area contributed by atoms with E-state index in [0.717, 1.165) is 0 Å². The van der Waals surface area contributed by atoms with Crippen molar-refractivity contribution in [2.45, 2.75) is 16.9 Å². The Kier molecular flexibility index (Phi) is 3.39. The zero-order chi connectivity index (χ0) is 15.3. The predicted octanol–water partition coefficient (Wildman–Crippen LogP) is 1.38. The zero-order valence-corrected chi connectivity index (χ0v) is 12.5. The lowest BCUT2D eigenvalue weighted by atomic mass is 10.2. The number of carbonyl (C=O) groups is 1. The quantitative estimate of drug-likeness (QED) is 0.847. The molecule has 4 rings (SSSR count). The molecule has 0 bridgehead atoms. The van der Waals surface area contributed by atoms with Gasteiger partial charge >= 0.3 is 6.09 Å². The fourth-order valence-corrected chi connectivity index (χ4v) is 3.76. The van der Waals surface area contributed by atoms with Crippen LogP contribution >= 0.6 is 11.8 Å². The molecule has 0 radical (unpaired) electrons. The molecule has 1 aromatic carbocycles. The van der Waals surface area contributed by atoms with Crippen molar-refractivity contribution < 1.29 is 23.8 Å². The number of thioether (sulfide) groups is 1. The van der Waals surface area contributed by atoms with Crippen LogP contribution in [0.5, 0.6) is 0 Å². The largest absolute Gasteiger partial charge is 0.441 e. The summed E-state index contributed by atoms with van der Waals surface area (Å²) < 4.78 is 24.9. The molecule has 3 fully saturated rings. The fraction of sp³-hybridized carbons (Fsp3) is 0.500. The van der Waals surface area contributed by atoms with Crippen molar-refractivity contribution in [3.8, 4) is 0 Å². The van der Waals surface area contributed by atoms with E-state index in [1.54, 1.807) is 23.9 Å². The number of aliphatic hydroxyl groups excluding tert-OH is 1. The summed E-state index contributed by atoms with van der Waals surface area (Å²) in [5.41, 5.74) is 1.11. The van der Waals surface area contributed by atoms with Gasteiger partial charge in [-0.1, -0.05) is 11.8 Å². The van der Waals surface area contributed by atoms with E-state index in [2.05, 4.69) is 0 Å². The van der Waals surface area contributed by atoms with Gasteiger partial charge < -0.3 is 19.5 Å². The molecule has 8 heteroatoms. The number of halogens is 1. The SMILES string of the molecule is O=C1OC(CO)CN1c1ccc(N2CCO[C@@H]3SC32)c(F)c1. The molecule has 118 valence electrons. The van der Waals surface area contributed by atoms with Gasteiger partial charge in [-0.3, -0.25) is 4.90 Å². The number of benzene rings is 1. The summed E-state index contributed by atoms with van der Waals surface area (Å²) in [5.74, 6) is -0.370. The van der Waals surface area contributed by atoms with Gasteiger partial charge in [-0.05, 0) is 18.2 Å². The average molecular weight is 326 g/mol. The molecular weight excluding hydrogens is 311 g/mol. The Bertz CT molecular complexity index is 617. The molecule has 6 nitrogen and oxygen atoms in total. The number of rotatable bonds is 3. The minimum Gasteiger partial charge on any atom is -0.441 e. The molecule has 0 saturated carbocycles. The second-order valence-electron chi connectivity index (χ2n) is 5.39. The van der Waals surface area contributed by atoms with E-state index in [1.165, 1.54) is 11.0 Å². The Morgan fingerprint density at radius 1 is 1.45 bits per heavy atom. The summed E-state index contributed by atoms with van der Waals surface area (Å²) in [6.45, 7) is 1.23. The Labute approximate surface area is 130 Å². The van der Waals surface area contributed by atoms with Crippen LogP contribution in [0.25, 0.3) is 0 Å². The predicted molar refractivity (Wildman–Crippen MR) is 79.6 cm³/mol. The minimum atomic E-state index is -0.560. The monoisotopic (exact) mass is 326 g/mol. The van der Waals surface area contributed by atoms with Crippen LogP contribution in [0.1, 0.15) is 0 Å². The smallest absolute Gasteiger partial charge is 0.414 e. The summed E-state index contributed by atoms with van der Waals surface area (Å²) in [5, 5.41) is 9.24. The number of nitrogens with zero attached hydrogens (tertiary/aromatic N) is 2. The third kappa shape index (κ3) is 2.31. The van der Waals surface area contributed by atoms with Gasteiger partial charge in [-0.2, -0.15) is 0 Å². The van der Waals surface area contributed by atoms with Crippen LogP contribution in [0, 0.1) is 5.82 Å². The lowest BCUT2D eigenvalue weighted by Gasteiger charge is -2.28. The molecule has 1 amide bonds. The lowest BCUT2D eigenvalue weighted by molar-refractivity contribution is 0.0963. The molecule has 0 aromatic heterocycles. The Morgan fingerprint density at radius 2 is 2.32 bits per heavy atom. The van der Waals surface area contributed by atoms with Crippen LogP contribution in [0.4, 0.5) is 20.6 Å². The van der Waals surface area contributed by atoms with Crippen LogP contribution in [0.3, 0.4) is 0 Å². The van der Waals surface area contributed by atoms with E-state index in [-0.39, 0.29) is 29.8 Å². The lowest BCUT2D eigenvalue weighted by Crippen LogP contribution is -2.37. The molecule has 1 N–H and O–H groups in total. The number of cyclic esters (lactones) is 1. The Balaban J connectivity index is 1.56. The number of fused-ring (bicyclic) bond motifs is 1. The van der Waals surface area contributed by atoms with Crippen LogP contribution in [-0.4, -0.2) is 54.4 Å². The number of hydrogen-bond donors (Lipinski definition) is 1. The van der Waals surface area contributed by atoms with E-state index in [0.29, 0.717) is 24.5 Å². The third-order valence-electron chi connectivity index (χ3n) is 3.98. The maximum atomic E-state index is 14.5. The van der Waals surface area contributed by atoms with Gasteiger partial charge in [-0.15, -0.1) is 0 Å². The average Bonchev–Trinajstić information content (AvgIpc) is 3.22. The topological polar surface area (TPSA) is 62.2 Å². The van der Waals surface area contributed by atoms with Gasteiger partial charge in [0, 0.05) is 6.54 Å². The van der Waals surface area contributed by atoms with Gasteiger partial charge in [0.15, 0.2) is 0 Å². The molecule has 0 spiro atoms. The first-order valence-corrected chi connectivity index (χ1v) is 8.04. The molecule has 0 aliphatic carbocycles. The van der Waals surface area contributed by atoms with Gasteiger partial charge in [0.1, 0.15) is 22.7 Å². The van der Waals surface area contributed by atoms with Crippen molar-refractivity contribution in [1.29, 1.82) is 0 Å². The number of aliphatic hydroxyl groups is 1. The van der Waals surface area contributed by atoms with Crippen LogP contribution in [0.2, 0.25) is 0 Å². The number of ether oxygens (including phenoxy) is 2. The van der Waals surface area contributed by atoms with Crippen molar-refractivity contribution in [1.82, 2.24) is 0 Å². The molecule has 22 heavy (non-hydrogen) atoms. The molecular formula is C14H15FN2O4S. The first kappa shape index (κ1) is 14.1. The molecule has 3 aliphatic heterocycles. The highest BCUT2D eigenvalue weighted by Crippen LogP contribution is 2.48. The first-order chi connectivity index (χ1) is 10.7. The standard InChI is InChI=1S/C14H15FN2O4S/c15-10-5-8(17-6-9(7-18)21-14(17)19)1-2-11(10)16-3-4-20-13-12(16)22-13/h1-2,5,9,12-13,18H,3-4,6-7H2/t9?,12?,13-/m1/s1. The highest BCUT2D eigenvalue weighted by Gasteiger charge is 2.48. The van der Waals surface area contributed by atoms with Crippen molar-refractivity contribution in [2.75, 3.05) is 36.1 Å². The Hall–Kier alpha value is -1.51. The van der Waals surface area contributed by atoms with E-state index >= 15 is 0 Å². The van der Waals surface area contributed by atoms with Gasteiger partial charge in [0.25, 0.3) is 0 Å².